The van der Waals surface area contributed by atoms with Gasteiger partial charge in [-0.05, 0) is 19.1 Å². The first kappa shape index (κ1) is 11.8. The fraction of sp³-hybridized carbons (Fsp3) is 0.273. The summed E-state index contributed by atoms with van der Waals surface area (Å²) in [7, 11) is 1.85. The number of thioether (sulfide) groups is 1. The smallest absolute Gasteiger partial charge is 0.371 e. The minimum absolute atomic E-state index is 0.0290. The molecule has 0 fully saturated rings. The average Bonchev–Trinajstić information content (AvgIpc) is 2.86. The Hall–Kier alpha value is -1.69. The first-order valence-electron chi connectivity index (χ1n) is 5.04. The number of aryl methyl sites for hydroxylation is 1. The molecule has 1 unspecified atom stereocenters. The quantitative estimate of drug-likeness (QED) is 0.847. The molecule has 2 rings (SSSR count). The van der Waals surface area contributed by atoms with Gasteiger partial charge in [-0.15, -0.1) is 11.8 Å². The minimum atomic E-state index is -1.05. The molecule has 1 atom stereocenters. The molecule has 0 spiro atoms. The zero-order valence-corrected chi connectivity index (χ0v) is 10.3. The monoisotopic (exact) mass is 252 g/mol. The fourth-order valence-electron chi connectivity index (χ4n) is 1.41. The van der Waals surface area contributed by atoms with Crippen LogP contribution in [0.3, 0.4) is 0 Å². The number of carboxylic acids is 1. The molecule has 17 heavy (non-hydrogen) atoms. The number of rotatable bonds is 4. The Labute approximate surface area is 102 Å². The molecule has 5 nitrogen and oxygen atoms in total. The van der Waals surface area contributed by atoms with Gasteiger partial charge in [-0.25, -0.2) is 4.79 Å². The standard InChI is InChI=1S/C11H12N2O3S/c1-7(17-8-5-12-13(2)6-8)9-3-4-10(16-9)11(14)15/h3-7H,1-2H3,(H,14,15). The average molecular weight is 252 g/mol. The topological polar surface area (TPSA) is 68.3 Å². The van der Waals surface area contributed by atoms with Crippen LogP contribution in [-0.2, 0) is 7.05 Å². The van der Waals surface area contributed by atoms with Gasteiger partial charge in [-0.2, -0.15) is 5.10 Å². The molecule has 0 aliphatic heterocycles. The molecule has 0 aromatic carbocycles. The molecule has 0 amide bonds. The number of aromatic nitrogens is 2. The number of hydrogen-bond donors (Lipinski definition) is 1. The maximum absolute atomic E-state index is 10.7. The van der Waals surface area contributed by atoms with Crippen molar-refractivity contribution >= 4 is 17.7 Å². The van der Waals surface area contributed by atoms with Gasteiger partial charge >= 0.3 is 5.97 Å². The van der Waals surface area contributed by atoms with Crippen molar-refractivity contribution in [1.82, 2.24) is 9.78 Å². The van der Waals surface area contributed by atoms with E-state index in [1.54, 1.807) is 28.7 Å². The Morgan fingerprint density at radius 2 is 2.35 bits per heavy atom. The molecule has 2 aromatic rings. The largest absolute Gasteiger partial charge is 0.475 e. The Morgan fingerprint density at radius 1 is 1.59 bits per heavy atom. The molecule has 0 radical (unpaired) electrons. The molecule has 0 aliphatic rings. The van der Waals surface area contributed by atoms with Crippen molar-refractivity contribution < 1.29 is 14.3 Å². The van der Waals surface area contributed by atoms with E-state index in [-0.39, 0.29) is 11.0 Å². The molecule has 90 valence electrons. The molecule has 2 aromatic heterocycles. The lowest BCUT2D eigenvalue weighted by atomic mass is 10.3. The van der Waals surface area contributed by atoms with Gasteiger partial charge in [-0.1, -0.05) is 0 Å². The maximum Gasteiger partial charge on any atom is 0.371 e. The SMILES string of the molecule is CC(Sc1cnn(C)c1)c1ccc(C(=O)O)o1. The van der Waals surface area contributed by atoms with Crippen molar-refractivity contribution in [3.63, 3.8) is 0 Å². The van der Waals surface area contributed by atoms with Gasteiger partial charge < -0.3 is 9.52 Å². The second-order valence-electron chi connectivity index (χ2n) is 3.62. The first-order valence-corrected chi connectivity index (χ1v) is 5.92. The van der Waals surface area contributed by atoms with Crippen LogP contribution in [0.1, 0.15) is 28.5 Å². The van der Waals surface area contributed by atoms with E-state index < -0.39 is 5.97 Å². The highest BCUT2D eigenvalue weighted by Crippen LogP contribution is 2.35. The maximum atomic E-state index is 10.7. The Morgan fingerprint density at radius 3 is 2.88 bits per heavy atom. The van der Waals surface area contributed by atoms with Gasteiger partial charge in [0.1, 0.15) is 5.76 Å². The fourth-order valence-corrected chi connectivity index (χ4v) is 2.38. The highest BCUT2D eigenvalue weighted by atomic mass is 32.2. The second-order valence-corrected chi connectivity index (χ2v) is 5.03. The van der Waals surface area contributed by atoms with Crippen LogP contribution in [0.2, 0.25) is 0 Å². The van der Waals surface area contributed by atoms with Crippen molar-refractivity contribution in [2.24, 2.45) is 7.05 Å². The van der Waals surface area contributed by atoms with Gasteiger partial charge in [0.15, 0.2) is 0 Å². The lowest BCUT2D eigenvalue weighted by Gasteiger charge is -2.05. The molecule has 1 N–H and O–H groups in total. The van der Waals surface area contributed by atoms with E-state index in [1.165, 1.54) is 6.07 Å². The first-order chi connectivity index (χ1) is 8.06. The number of hydrogen-bond acceptors (Lipinski definition) is 4. The Kier molecular flexibility index (Phi) is 3.23. The van der Waals surface area contributed by atoms with E-state index in [1.807, 2.05) is 20.2 Å². The third-order valence-corrected chi connectivity index (χ3v) is 3.30. The summed E-state index contributed by atoms with van der Waals surface area (Å²) in [4.78, 5) is 11.7. The van der Waals surface area contributed by atoms with Gasteiger partial charge in [-0.3, -0.25) is 4.68 Å². The second kappa shape index (κ2) is 4.67. The molecule has 2 heterocycles. The van der Waals surface area contributed by atoms with E-state index in [0.29, 0.717) is 5.76 Å². The highest BCUT2D eigenvalue weighted by molar-refractivity contribution is 7.99. The number of furan rings is 1. The van der Waals surface area contributed by atoms with Crippen molar-refractivity contribution in [3.05, 3.63) is 36.0 Å². The predicted octanol–water partition coefficient (Wildman–Crippen LogP) is 2.56. The normalized spacial score (nSPS) is 12.6. The Bertz CT molecular complexity index is 532. The van der Waals surface area contributed by atoms with Crippen LogP contribution in [0.15, 0.2) is 33.8 Å². The van der Waals surface area contributed by atoms with Gasteiger partial charge in [0.2, 0.25) is 5.76 Å². The number of carbonyl (C=O) groups is 1. The van der Waals surface area contributed by atoms with E-state index >= 15 is 0 Å². The van der Waals surface area contributed by atoms with Crippen molar-refractivity contribution in [3.8, 4) is 0 Å². The molecular weight excluding hydrogens is 240 g/mol. The van der Waals surface area contributed by atoms with Gasteiger partial charge in [0, 0.05) is 18.1 Å². The van der Waals surface area contributed by atoms with E-state index in [0.717, 1.165) is 4.90 Å². The summed E-state index contributed by atoms with van der Waals surface area (Å²) in [6.07, 6.45) is 3.67. The molecule has 0 aliphatic carbocycles. The molecule has 0 saturated carbocycles. The zero-order valence-electron chi connectivity index (χ0n) is 9.45. The zero-order chi connectivity index (χ0) is 12.4. The summed E-state index contributed by atoms with van der Waals surface area (Å²) < 4.78 is 6.96. The molecular formula is C11H12N2O3S. The van der Waals surface area contributed by atoms with Crippen LogP contribution in [0.25, 0.3) is 0 Å². The van der Waals surface area contributed by atoms with Crippen LogP contribution in [0.5, 0.6) is 0 Å². The summed E-state index contributed by atoms with van der Waals surface area (Å²) in [5.41, 5.74) is 0. The van der Waals surface area contributed by atoms with Crippen molar-refractivity contribution in [2.75, 3.05) is 0 Å². The van der Waals surface area contributed by atoms with Gasteiger partial charge in [0.25, 0.3) is 0 Å². The third kappa shape index (κ3) is 2.71. The summed E-state index contributed by atoms with van der Waals surface area (Å²) >= 11 is 1.57. The number of aromatic carboxylic acids is 1. The number of carboxylic acid groups (broad SMARTS) is 1. The lowest BCUT2D eigenvalue weighted by molar-refractivity contribution is 0.0660. The summed E-state index contributed by atoms with van der Waals surface area (Å²) in [5.74, 6) is -0.426. The number of nitrogens with zero attached hydrogens (tertiary/aromatic N) is 2. The van der Waals surface area contributed by atoms with Crippen LogP contribution in [0, 0.1) is 0 Å². The van der Waals surface area contributed by atoms with Crippen LogP contribution in [0.4, 0.5) is 0 Å². The lowest BCUT2D eigenvalue weighted by Crippen LogP contribution is -1.92. The van der Waals surface area contributed by atoms with Gasteiger partial charge in [0.05, 0.1) is 11.4 Å². The molecule has 6 heteroatoms. The summed E-state index contributed by atoms with van der Waals surface area (Å²) in [6.45, 7) is 1.96. The minimum Gasteiger partial charge on any atom is -0.475 e. The van der Waals surface area contributed by atoms with Crippen LogP contribution >= 0.6 is 11.8 Å². The third-order valence-electron chi connectivity index (χ3n) is 2.23. The molecule has 0 saturated heterocycles. The Balaban J connectivity index is 2.08. The summed E-state index contributed by atoms with van der Waals surface area (Å²) in [5, 5.41) is 12.9. The van der Waals surface area contributed by atoms with Crippen molar-refractivity contribution in [2.45, 2.75) is 17.1 Å². The van der Waals surface area contributed by atoms with E-state index in [9.17, 15) is 4.79 Å². The highest BCUT2D eigenvalue weighted by Gasteiger charge is 2.15. The van der Waals surface area contributed by atoms with Crippen LogP contribution < -0.4 is 0 Å². The van der Waals surface area contributed by atoms with Crippen molar-refractivity contribution in [1.29, 1.82) is 0 Å². The van der Waals surface area contributed by atoms with E-state index in [2.05, 4.69) is 5.10 Å². The molecule has 0 bridgehead atoms. The predicted molar refractivity (Wildman–Crippen MR) is 63.1 cm³/mol. The summed E-state index contributed by atoms with van der Waals surface area (Å²) in [6, 6.07) is 3.16. The van der Waals surface area contributed by atoms with E-state index in [4.69, 9.17) is 9.52 Å². The van der Waals surface area contributed by atoms with Crippen LogP contribution in [-0.4, -0.2) is 20.9 Å².